The molecule has 0 bridgehead atoms. The Bertz CT molecular complexity index is 274. The molecule has 3 nitrogen and oxygen atoms in total. The summed E-state index contributed by atoms with van der Waals surface area (Å²) < 4.78 is 5.03. The van der Waals surface area contributed by atoms with E-state index in [0.29, 0.717) is 21.9 Å². The van der Waals surface area contributed by atoms with Crippen molar-refractivity contribution in [3.63, 3.8) is 0 Å². The Labute approximate surface area is 81.5 Å². The van der Waals surface area contributed by atoms with E-state index in [4.69, 9.17) is 26.6 Å². The Morgan fingerprint density at radius 1 is 1.23 bits per heavy atom. The second-order valence-electron chi connectivity index (χ2n) is 2.57. The first-order valence-electron chi connectivity index (χ1n) is 3.80. The molecule has 72 valence electrons. The van der Waals surface area contributed by atoms with Gasteiger partial charge in [0, 0.05) is 16.1 Å². The zero-order valence-electron chi connectivity index (χ0n) is 7.25. The fourth-order valence-corrected chi connectivity index (χ4v) is 1.47. The Hall–Kier alpha value is -0.770. The maximum absolute atomic E-state index is 8.97. The Balaban J connectivity index is 3.25. The summed E-state index contributed by atoms with van der Waals surface area (Å²) in [5, 5.41) is 18.4. The van der Waals surface area contributed by atoms with Crippen molar-refractivity contribution in [1.29, 1.82) is 0 Å². The third-order valence-electron chi connectivity index (χ3n) is 1.75. The van der Waals surface area contributed by atoms with Crippen LogP contribution in [0.25, 0.3) is 0 Å². The average Bonchev–Trinajstić information content (AvgIpc) is 2.16. The van der Waals surface area contributed by atoms with E-state index in [-0.39, 0.29) is 13.2 Å². The van der Waals surface area contributed by atoms with Crippen LogP contribution in [0, 0.1) is 0 Å². The SMILES string of the molecule is COc1c(CO)cc(Cl)cc1CO. The first kappa shape index (κ1) is 10.3. The fraction of sp³-hybridized carbons (Fsp3) is 0.333. The Kier molecular flexibility index (Phi) is 3.54. The first-order valence-corrected chi connectivity index (χ1v) is 4.17. The molecule has 0 aliphatic carbocycles. The molecule has 1 aromatic rings. The Morgan fingerprint density at radius 2 is 1.69 bits per heavy atom. The summed E-state index contributed by atoms with van der Waals surface area (Å²) in [6.45, 7) is -0.312. The first-order chi connectivity index (χ1) is 6.22. The van der Waals surface area contributed by atoms with E-state index in [1.165, 1.54) is 7.11 Å². The third-order valence-corrected chi connectivity index (χ3v) is 1.97. The number of methoxy groups -OCH3 is 1. The van der Waals surface area contributed by atoms with Crippen LogP contribution in [-0.2, 0) is 13.2 Å². The van der Waals surface area contributed by atoms with Gasteiger partial charge in [-0.3, -0.25) is 0 Å². The van der Waals surface area contributed by atoms with Crippen LogP contribution in [0.3, 0.4) is 0 Å². The van der Waals surface area contributed by atoms with E-state index in [1.54, 1.807) is 12.1 Å². The standard InChI is InChI=1S/C9H11ClO3/c1-13-9-6(4-11)2-8(10)3-7(9)5-12/h2-3,11-12H,4-5H2,1H3. The molecule has 0 fully saturated rings. The lowest BCUT2D eigenvalue weighted by molar-refractivity contribution is 0.261. The van der Waals surface area contributed by atoms with E-state index in [1.807, 2.05) is 0 Å². The predicted octanol–water partition coefficient (Wildman–Crippen LogP) is 1.33. The van der Waals surface area contributed by atoms with Crippen molar-refractivity contribution >= 4 is 11.6 Å². The highest BCUT2D eigenvalue weighted by Gasteiger charge is 2.09. The van der Waals surface area contributed by atoms with Crippen LogP contribution >= 0.6 is 11.6 Å². The molecular weight excluding hydrogens is 192 g/mol. The van der Waals surface area contributed by atoms with Gasteiger partial charge in [0.15, 0.2) is 0 Å². The number of aliphatic hydroxyl groups is 2. The Morgan fingerprint density at radius 3 is 2.00 bits per heavy atom. The molecule has 1 aromatic carbocycles. The molecule has 0 aromatic heterocycles. The van der Waals surface area contributed by atoms with E-state index in [2.05, 4.69) is 0 Å². The lowest BCUT2D eigenvalue weighted by Crippen LogP contribution is -1.97. The maximum Gasteiger partial charge on any atom is 0.129 e. The summed E-state index contributed by atoms with van der Waals surface area (Å²) >= 11 is 5.76. The summed E-state index contributed by atoms with van der Waals surface area (Å²) in [5.41, 5.74) is 1.16. The number of benzene rings is 1. The van der Waals surface area contributed by atoms with Gasteiger partial charge in [0.05, 0.1) is 20.3 Å². The van der Waals surface area contributed by atoms with Gasteiger partial charge >= 0.3 is 0 Å². The number of hydrogen-bond acceptors (Lipinski definition) is 3. The lowest BCUT2D eigenvalue weighted by atomic mass is 10.1. The summed E-state index contributed by atoms with van der Waals surface area (Å²) in [6, 6.07) is 3.22. The normalized spacial score (nSPS) is 10.2. The van der Waals surface area contributed by atoms with Gasteiger partial charge in [0.25, 0.3) is 0 Å². The molecule has 0 unspecified atom stereocenters. The molecule has 4 heteroatoms. The summed E-state index contributed by atoms with van der Waals surface area (Å²) in [6.07, 6.45) is 0. The van der Waals surface area contributed by atoms with Crippen LogP contribution in [0.2, 0.25) is 5.02 Å². The zero-order chi connectivity index (χ0) is 9.84. The van der Waals surface area contributed by atoms with Crippen LogP contribution in [0.1, 0.15) is 11.1 Å². The van der Waals surface area contributed by atoms with Gasteiger partial charge in [-0.1, -0.05) is 11.6 Å². The van der Waals surface area contributed by atoms with Gasteiger partial charge in [0.1, 0.15) is 5.75 Å². The molecule has 0 spiro atoms. The predicted molar refractivity (Wildman–Crippen MR) is 49.8 cm³/mol. The fourth-order valence-electron chi connectivity index (χ4n) is 1.21. The minimum absolute atomic E-state index is 0.156. The van der Waals surface area contributed by atoms with Crippen LogP contribution in [0.4, 0.5) is 0 Å². The molecule has 0 saturated carbocycles. The van der Waals surface area contributed by atoms with E-state index in [9.17, 15) is 0 Å². The molecule has 0 aliphatic rings. The highest BCUT2D eigenvalue weighted by Crippen LogP contribution is 2.28. The number of halogens is 1. The highest BCUT2D eigenvalue weighted by atomic mass is 35.5. The molecular formula is C9H11ClO3. The minimum atomic E-state index is -0.156. The minimum Gasteiger partial charge on any atom is -0.496 e. The highest BCUT2D eigenvalue weighted by molar-refractivity contribution is 6.30. The quantitative estimate of drug-likeness (QED) is 0.778. The van der Waals surface area contributed by atoms with Crippen molar-refractivity contribution in [2.24, 2.45) is 0 Å². The van der Waals surface area contributed by atoms with E-state index < -0.39 is 0 Å². The van der Waals surface area contributed by atoms with Gasteiger partial charge in [-0.2, -0.15) is 0 Å². The monoisotopic (exact) mass is 202 g/mol. The van der Waals surface area contributed by atoms with Gasteiger partial charge in [0.2, 0.25) is 0 Å². The number of aliphatic hydroxyl groups excluding tert-OH is 2. The molecule has 2 N–H and O–H groups in total. The van der Waals surface area contributed by atoms with Crippen LogP contribution in [-0.4, -0.2) is 17.3 Å². The smallest absolute Gasteiger partial charge is 0.129 e. The third kappa shape index (κ3) is 2.12. The van der Waals surface area contributed by atoms with Crippen LogP contribution in [0.15, 0.2) is 12.1 Å². The topological polar surface area (TPSA) is 49.7 Å². The molecule has 0 aliphatic heterocycles. The molecule has 1 rings (SSSR count). The molecule has 0 heterocycles. The maximum atomic E-state index is 8.97. The summed E-state index contributed by atoms with van der Waals surface area (Å²) in [5.74, 6) is 0.495. The van der Waals surface area contributed by atoms with Crippen molar-refractivity contribution < 1.29 is 14.9 Å². The van der Waals surface area contributed by atoms with Crippen molar-refractivity contribution in [3.05, 3.63) is 28.3 Å². The van der Waals surface area contributed by atoms with Crippen molar-refractivity contribution in [1.82, 2.24) is 0 Å². The lowest BCUT2D eigenvalue weighted by Gasteiger charge is -2.11. The summed E-state index contributed by atoms with van der Waals surface area (Å²) in [4.78, 5) is 0. The average molecular weight is 203 g/mol. The van der Waals surface area contributed by atoms with E-state index >= 15 is 0 Å². The molecule has 0 radical (unpaired) electrons. The van der Waals surface area contributed by atoms with Crippen molar-refractivity contribution in [3.8, 4) is 5.75 Å². The molecule has 0 amide bonds. The van der Waals surface area contributed by atoms with Crippen LogP contribution < -0.4 is 4.74 Å². The number of hydrogen-bond donors (Lipinski definition) is 2. The molecule has 0 saturated heterocycles. The molecule has 0 atom stereocenters. The summed E-state index contributed by atoms with van der Waals surface area (Å²) in [7, 11) is 1.49. The van der Waals surface area contributed by atoms with Gasteiger partial charge in [-0.15, -0.1) is 0 Å². The van der Waals surface area contributed by atoms with Gasteiger partial charge in [-0.05, 0) is 12.1 Å². The van der Waals surface area contributed by atoms with Crippen LogP contribution in [0.5, 0.6) is 5.75 Å². The zero-order valence-corrected chi connectivity index (χ0v) is 8.01. The second-order valence-corrected chi connectivity index (χ2v) is 3.01. The number of ether oxygens (including phenoxy) is 1. The van der Waals surface area contributed by atoms with Gasteiger partial charge in [-0.25, -0.2) is 0 Å². The van der Waals surface area contributed by atoms with Crippen molar-refractivity contribution in [2.45, 2.75) is 13.2 Å². The number of rotatable bonds is 3. The van der Waals surface area contributed by atoms with Gasteiger partial charge < -0.3 is 14.9 Å². The molecule has 13 heavy (non-hydrogen) atoms. The van der Waals surface area contributed by atoms with E-state index in [0.717, 1.165) is 0 Å². The van der Waals surface area contributed by atoms with Crippen molar-refractivity contribution in [2.75, 3.05) is 7.11 Å². The second kappa shape index (κ2) is 4.46. The largest absolute Gasteiger partial charge is 0.496 e.